The summed E-state index contributed by atoms with van der Waals surface area (Å²) in [6.07, 6.45) is 2.19. The highest BCUT2D eigenvalue weighted by Gasteiger charge is 2.80. The molecule has 0 aromatic heterocycles. The number of rotatable bonds is 1. The van der Waals surface area contributed by atoms with Gasteiger partial charge in [-0.15, -0.1) is 0 Å². The Morgan fingerprint density at radius 2 is 1.86 bits per heavy atom. The van der Waals surface area contributed by atoms with Crippen LogP contribution in [0, 0.1) is 62.1 Å². The molecule has 0 aromatic carbocycles. The third kappa shape index (κ3) is 1.33. The van der Waals surface area contributed by atoms with E-state index in [0.29, 0.717) is 12.8 Å². The molecule has 4 fully saturated rings. The maximum absolute atomic E-state index is 9.89. The zero-order valence-electron chi connectivity index (χ0n) is 12.7. The smallest absolute Gasteiger partial charge is 0.217 e. The summed E-state index contributed by atoms with van der Waals surface area (Å²) in [6, 6.07) is 6.32. The summed E-state index contributed by atoms with van der Waals surface area (Å²) in [6.45, 7) is 3.76. The van der Waals surface area contributed by atoms with Crippen molar-refractivity contribution in [2.24, 2.45) is 22.7 Å². The third-order valence-electron chi connectivity index (χ3n) is 5.46. The van der Waals surface area contributed by atoms with Gasteiger partial charge in [0, 0.05) is 6.42 Å². The molecule has 0 aromatic rings. The first-order valence-electron chi connectivity index (χ1n) is 7.63. The van der Waals surface area contributed by atoms with Gasteiger partial charge >= 0.3 is 0 Å². The molecule has 4 aliphatic rings. The normalized spacial score (nSPS) is 41.7. The summed E-state index contributed by atoms with van der Waals surface area (Å²) in [4.78, 5) is 0. The largest absolute Gasteiger partial charge is 0.447 e. The minimum Gasteiger partial charge on any atom is -0.447 e. The summed E-state index contributed by atoms with van der Waals surface area (Å²) < 4.78 is 11.9. The van der Waals surface area contributed by atoms with Crippen LogP contribution in [0.2, 0.25) is 0 Å². The second kappa shape index (κ2) is 4.45. The monoisotopic (exact) mass is 298 g/mol. The van der Waals surface area contributed by atoms with E-state index in [4.69, 9.17) is 14.9 Å². The van der Waals surface area contributed by atoms with Gasteiger partial charge in [0.25, 0.3) is 0 Å². The second-order valence-corrected chi connectivity index (χ2v) is 6.78. The third-order valence-corrected chi connectivity index (χ3v) is 5.46. The van der Waals surface area contributed by atoms with Gasteiger partial charge in [-0.3, -0.25) is 5.41 Å². The van der Waals surface area contributed by atoms with Gasteiger partial charge in [0.05, 0.1) is 30.2 Å². The lowest BCUT2D eigenvalue weighted by molar-refractivity contribution is -0.364. The molecule has 0 radical (unpaired) electrons. The first kappa shape index (κ1) is 14.8. The van der Waals surface area contributed by atoms with E-state index in [1.165, 1.54) is 0 Å². The zero-order valence-corrected chi connectivity index (χ0v) is 12.7. The van der Waals surface area contributed by atoms with Crippen LogP contribution in [0.5, 0.6) is 0 Å². The van der Waals surface area contributed by atoms with Crippen molar-refractivity contribution in [2.75, 3.05) is 0 Å². The highest BCUT2D eigenvalue weighted by Crippen LogP contribution is 2.66. The second-order valence-electron chi connectivity index (χ2n) is 6.78. The van der Waals surface area contributed by atoms with Crippen LogP contribution in [-0.4, -0.2) is 17.8 Å². The minimum atomic E-state index is -1.66. The first-order chi connectivity index (χ1) is 10.4. The van der Waals surface area contributed by atoms with Gasteiger partial charge in [0.15, 0.2) is 10.8 Å². The first-order valence-corrected chi connectivity index (χ1v) is 7.63. The Hall–Kier alpha value is -2.10. The molecule has 0 amide bonds. The summed E-state index contributed by atoms with van der Waals surface area (Å²) in [7, 11) is 0. The molecule has 2 bridgehead atoms. The Morgan fingerprint density at radius 3 is 2.41 bits per heavy atom. The molecule has 4 atom stereocenters. The molecular weight excluding hydrogens is 280 g/mol. The molecule has 114 valence electrons. The summed E-state index contributed by atoms with van der Waals surface area (Å²) >= 11 is 0. The lowest BCUT2D eigenvalue weighted by Gasteiger charge is -2.64. The van der Waals surface area contributed by atoms with E-state index in [1.807, 2.05) is 13.8 Å². The number of ether oxygens (including phenoxy) is 2. The number of hydrogen-bond acceptors (Lipinski definition) is 6. The van der Waals surface area contributed by atoms with E-state index < -0.39 is 28.6 Å². The molecule has 1 spiro atoms. The molecule has 3 aliphatic heterocycles. The number of hydrogen-bond donors (Lipinski definition) is 1. The maximum atomic E-state index is 9.89. The van der Waals surface area contributed by atoms with Crippen molar-refractivity contribution in [1.29, 1.82) is 21.2 Å². The topological polar surface area (TPSA) is 114 Å². The van der Waals surface area contributed by atoms with E-state index in [-0.39, 0.29) is 11.8 Å². The van der Waals surface area contributed by atoms with Crippen molar-refractivity contribution in [2.45, 2.75) is 51.4 Å². The van der Waals surface area contributed by atoms with Crippen molar-refractivity contribution >= 4 is 5.90 Å². The molecule has 4 rings (SSSR count). The SMILES string of the molecule is CC(C)[C@H]1O[C@@]23CCCC[C@H]2C(C#N)(C#N)[C@@]1(C#N)C(=N)O3. The summed E-state index contributed by atoms with van der Waals surface area (Å²) in [5.74, 6) is -1.98. The van der Waals surface area contributed by atoms with Gasteiger partial charge in [-0.1, -0.05) is 20.3 Å². The average molecular weight is 298 g/mol. The molecule has 0 unspecified atom stereocenters. The summed E-state index contributed by atoms with van der Waals surface area (Å²) in [5.41, 5.74) is -3.25. The molecular formula is C16H18N4O2. The molecule has 1 N–H and O–H groups in total. The number of nitrogens with zero attached hydrogens (tertiary/aromatic N) is 3. The number of fused-ring (bicyclic) bond motifs is 2. The van der Waals surface area contributed by atoms with E-state index in [2.05, 4.69) is 18.2 Å². The Labute approximate surface area is 129 Å². The lowest BCUT2D eigenvalue weighted by atomic mass is 9.48. The minimum absolute atomic E-state index is 0.107. The molecule has 3 saturated heterocycles. The molecule has 22 heavy (non-hydrogen) atoms. The van der Waals surface area contributed by atoms with Gasteiger partial charge in [0.2, 0.25) is 11.7 Å². The van der Waals surface area contributed by atoms with E-state index in [0.717, 1.165) is 12.8 Å². The Balaban J connectivity index is 2.32. The molecule has 6 heteroatoms. The van der Waals surface area contributed by atoms with Crippen LogP contribution in [0.1, 0.15) is 39.5 Å². The molecule has 1 aliphatic carbocycles. The maximum Gasteiger partial charge on any atom is 0.217 e. The Bertz CT molecular complexity index is 639. The highest BCUT2D eigenvalue weighted by molar-refractivity contribution is 5.88. The number of nitriles is 3. The van der Waals surface area contributed by atoms with Crippen molar-refractivity contribution in [3.05, 3.63) is 0 Å². The van der Waals surface area contributed by atoms with Crippen LogP contribution in [0.4, 0.5) is 0 Å². The van der Waals surface area contributed by atoms with Crippen molar-refractivity contribution < 1.29 is 9.47 Å². The van der Waals surface area contributed by atoms with Crippen LogP contribution >= 0.6 is 0 Å². The molecule has 1 saturated carbocycles. The predicted molar refractivity (Wildman–Crippen MR) is 74.9 cm³/mol. The average Bonchev–Trinajstić information content (AvgIpc) is 2.52. The van der Waals surface area contributed by atoms with E-state index >= 15 is 0 Å². The van der Waals surface area contributed by atoms with Crippen LogP contribution < -0.4 is 0 Å². The van der Waals surface area contributed by atoms with Crippen LogP contribution in [0.25, 0.3) is 0 Å². The van der Waals surface area contributed by atoms with Crippen molar-refractivity contribution in [3.8, 4) is 18.2 Å². The van der Waals surface area contributed by atoms with Gasteiger partial charge < -0.3 is 9.47 Å². The summed E-state index contributed by atoms with van der Waals surface area (Å²) in [5, 5.41) is 38.0. The van der Waals surface area contributed by atoms with E-state index in [9.17, 15) is 15.8 Å². The fourth-order valence-corrected chi connectivity index (χ4v) is 4.51. The van der Waals surface area contributed by atoms with Crippen molar-refractivity contribution in [1.82, 2.24) is 0 Å². The molecule has 3 heterocycles. The van der Waals surface area contributed by atoms with Gasteiger partial charge in [-0.05, 0) is 18.8 Å². The lowest BCUT2D eigenvalue weighted by Crippen LogP contribution is -2.76. The quantitative estimate of drug-likeness (QED) is 0.798. The zero-order chi connectivity index (χ0) is 16.2. The molecule has 6 nitrogen and oxygen atoms in total. The fraction of sp³-hybridized carbons (Fsp3) is 0.750. The Morgan fingerprint density at radius 1 is 1.18 bits per heavy atom. The van der Waals surface area contributed by atoms with Crippen molar-refractivity contribution in [3.63, 3.8) is 0 Å². The predicted octanol–water partition coefficient (Wildman–Crippen LogP) is 2.48. The Kier molecular flexibility index (Phi) is 3.00. The van der Waals surface area contributed by atoms with Crippen LogP contribution in [-0.2, 0) is 9.47 Å². The fourth-order valence-electron chi connectivity index (χ4n) is 4.51. The van der Waals surface area contributed by atoms with Gasteiger partial charge in [-0.2, -0.15) is 15.8 Å². The van der Waals surface area contributed by atoms with Crippen LogP contribution in [0.15, 0.2) is 0 Å². The van der Waals surface area contributed by atoms with Crippen LogP contribution in [0.3, 0.4) is 0 Å². The van der Waals surface area contributed by atoms with Gasteiger partial charge in [-0.25, -0.2) is 0 Å². The van der Waals surface area contributed by atoms with E-state index in [1.54, 1.807) is 0 Å². The number of nitrogens with one attached hydrogen (secondary N) is 1. The van der Waals surface area contributed by atoms with Gasteiger partial charge in [0.1, 0.15) is 0 Å². The highest BCUT2D eigenvalue weighted by atomic mass is 16.7. The standard InChI is InChI=1S/C16H18N4O2/c1-10(2)12-15(9-19)13(20)22-16(21-12)6-4-3-5-11(16)14(15,7-17)8-18/h10-12,20H,3-6H2,1-2H3/t11-,12+,15+,16+/m0/s1.